The number of anilines is 1. The molecule has 2 aromatic rings. The van der Waals surface area contributed by atoms with Crippen LogP contribution in [0.2, 0.25) is 0 Å². The van der Waals surface area contributed by atoms with E-state index in [4.69, 9.17) is 4.42 Å². The summed E-state index contributed by atoms with van der Waals surface area (Å²) in [4.78, 5) is 12.9. The molecular formula is C18H23N3O4S. The number of hydrogen-bond acceptors (Lipinski definition) is 5. The molecule has 0 unspecified atom stereocenters. The predicted molar refractivity (Wildman–Crippen MR) is 99.4 cm³/mol. The summed E-state index contributed by atoms with van der Waals surface area (Å²) in [5.41, 5.74) is 1.24. The SMILES string of the molecule is CCCCC#Cc1ccc(C(=O)N(c2c(C)nn(C)c2C)S(C)(=O)=O)o1. The molecule has 0 radical (unpaired) electrons. The monoisotopic (exact) mass is 377 g/mol. The molecule has 0 bridgehead atoms. The Labute approximate surface area is 154 Å². The second kappa shape index (κ2) is 7.79. The minimum absolute atomic E-state index is 0.0853. The molecule has 0 aliphatic heterocycles. The summed E-state index contributed by atoms with van der Waals surface area (Å²) in [6, 6.07) is 3.00. The molecular weight excluding hydrogens is 354 g/mol. The van der Waals surface area contributed by atoms with Crippen molar-refractivity contribution in [2.24, 2.45) is 7.05 Å². The molecule has 26 heavy (non-hydrogen) atoms. The van der Waals surface area contributed by atoms with Crippen molar-refractivity contribution in [3.05, 3.63) is 35.0 Å². The molecule has 0 aromatic carbocycles. The number of amides is 1. The van der Waals surface area contributed by atoms with Gasteiger partial charge in [-0.2, -0.15) is 9.40 Å². The lowest BCUT2D eigenvalue weighted by Crippen LogP contribution is -2.36. The maximum absolute atomic E-state index is 12.9. The molecule has 2 aromatic heterocycles. The van der Waals surface area contributed by atoms with E-state index in [1.807, 2.05) is 0 Å². The number of nitrogens with zero attached hydrogens (tertiary/aromatic N) is 3. The molecule has 1 amide bonds. The van der Waals surface area contributed by atoms with Crippen LogP contribution in [0.5, 0.6) is 0 Å². The van der Waals surface area contributed by atoms with Gasteiger partial charge in [0.1, 0.15) is 5.69 Å². The van der Waals surface area contributed by atoms with Crippen molar-refractivity contribution in [3.8, 4) is 11.8 Å². The van der Waals surface area contributed by atoms with Gasteiger partial charge in [-0.1, -0.05) is 19.3 Å². The minimum atomic E-state index is -3.88. The Balaban J connectivity index is 2.40. The summed E-state index contributed by atoms with van der Waals surface area (Å²) >= 11 is 0. The third-order valence-electron chi connectivity index (χ3n) is 3.87. The van der Waals surface area contributed by atoms with Crippen LogP contribution >= 0.6 is 0 Å². The van der Waals surface area contributed by atoms with Crippen molar-refractivity contribution in [3.63, 3.8) is 0 Å². The maximum Gasteiger partial charge on any atom is 0.307 e. The smallest absolute Gasteiger partial charge is 0.307 e. The Morgan fingerprint density at radius 2 is 2.04 bits per heavy atom. The van der Waals surface area contributed by atoms with Crippen molar-refractivity contribution in [2.45, 2.75) is 40.0 Å². The van der Waals surface area contributed by atoms with Crippen molar-refractivity contribution in [2.75, 3.05) is 10.6 Å². The Hall–Kier alpha value is -2.53. The van der Waals surface area contributed by atoms with E-state index in [2.05, 4.69) is 23.9 Å². The van der Waals surface area contributed by atoms with Gasteiger partial charge in [-0.05, 0) is 38.3 Å². The Morgan fingerprint density at radius 1 is 1.35 bits per heavy atom. The van der Waals surface area contributed by atoms with Gasteiger partial charge in [0.05, 0.1) is 17.6 Å². The standard InChI is InChI=1S/C18H23N3O4S/c1-6-7-8-9-10-15-11-12-16(25-15)18(22)21(26(5,23)24)17-13(2)19-20(4)14(17)3/h11-12H,6-8H2,1-5H3. The summed E-state index contributed by atoms with van der Waals surface area (Å²) in [5.74, 6) is 5.29. The van der Waals surface area contributed by atoms with Crippen molar-refractivity contribution in [1.29, 1.82) is 0 Å². The number of hydrogen-bond donors (Lipinski definition) is 0. The number of aryl methyl sites for hydroxylation is 2. The zero-order valence-corrected chi connectivity index (χ0v) is 16.5. The average molecular weight is 377 g/mol. The van der Waals surface area contributed by atoms with E-state index in [-0.39, 0.29) is 11.4 Å². The van der Waals surface area contributed by atoms with E-state index < -0.39 is 15.9 Å². The first-order valence-corrected chi connectivity index (χ1v) is 10.1. The molecule has 0 atom stereocenters. The fourth-order valence-corrected chi connectivity index (χ4v) is 3.50. The number of carbonyl (C=O) groups excluding carboxylic acids is 1. The molecule has 8 heteroatoms. The van der Waals surface area contributed by atoms with Crippen LogP contribution < -0.4 is 4.31 Å². The summed E-state index contributed by atoms with van der Waals surface area (Å²) in [5, 5.41) is 4.19. The topological polar surface area (TPSA) is 85.4 Å². The van der Waals surface area contributed by atoms with E-state index in [1.54, 1.807) is 27.0 Å². The van der Waals surface area contributed by atoms with Gasteiger partial charge in [-0.25, -0.2) is 8.42 Å². The van der Waals surface area contributed by atoms with Crippen LogP contribution in [0.3, 0.4) is 0 Å². The van der Waals surface area contributed by atoms with Crippen molar-refractivity contribution in [1.82, 2.24) is 9.78 Å². The van der Waals surface area contributed by atoms with E-state index in [9.17, 15) is 13.2 Å². The van der Waals surface area contributed by atoms with Crippen LogP contribution in [0.4, 0.5) is 5.69 Å². The molecule has 0 aliphatic rings. The quantitative estimate of drug-likeness (QED) is 0.591. The molecule has 0 saturated carbocycles. The van der Waals surface area contributed by atoms with Gasteiger partial charge in [0.25, 0.3) is 0 Å². The summed E-state index contributed by atoms with van der Waals surface area (Å²) in [6.45, 7) is 5.43. The summed E-state index contributed by atoms with van der Waals surface area (Å²) in [6.07, 6.45) is 3.75. The number of unbranched alkanes of at least 4 members (excludes halogenated alkanes) is 2. The van der Waals surface area contributed by atoms with E-state index in [1.165, 1.54) is 10.7 Å². The summed E-state index contributed by atoms with van der Waals surface area (Å²) < 4.78 is 32.3. The number of carbonyl (C=O) groups is 1. The van der Waals surface area contributed by atoms with Gasteiger partial charge in [-0.15, -0.1) is 0 Å². The lowest BCUT2D eigenvalue weighted by atomic mass is 10.2. The van der Waals surface area contributed by atoms with Crippen molar-refractivity contribution >= 4 is 21.6 Å². The highest BCUT2D eigenvalue weighted by Crippen LogP contribution is 2.28. The Bertz CT molecular complexity index is 974. The largest absolute Gasteiger partial charge is 0.443 e. The van der Waals surface area contributed by atoms with Crippen molar-refractivity contribution < 1.29 is 17.6 Å². The van der Waals surface area contributed by atoms with E-state index in [0.29, 0.717) is 17.1 Å². The number of rotatable bonds is 5. The second-order valence-corrected chi connectivity index (χ2v) is 7.88. The van der Waals surface area contributed by atoms with Crippen LogP contribution in [-0.4, -0.2) is 30.4 Å². The molecule has 140 valence electrons. The van der Waals surface area contributed by atoms with Gasteiger partial charge in [0.2, 0.25) is 10.0 Å². The molecule has 7 nitrogen and oxygen atoms in total. The zero-order chi connectivity index (χ0) is 19.5. The van der Waals surface area contributed by atoms with Gasteiger partial charge in [0, 0.05) is 13.5 Å². The molecule has 2 rings (SSSR count). The third-order valence-corrected chi connectivity index (χ3v) is 4.89. The summed E-state index contributed by atoms with van der Waals surface area (Å²) in [7, 11) is -2.19. The number of furan rings is 1. The fourth-order valence-electron chi connectivity index (χ4n) is 2.51. The highest BCUT2D eigenvalue weighted by molar-refractivity contribution is 7.92. The van der Waals surface area contributed by atoms with Crippen LogP contribution in [0.15, 0.2) is 16.5 Å². The lowest BCUT2D eigenvalue weighted by molar-refractivity contribution is 0.0978. The normalized spacial score (nSPS) is 11.1. The molecule has 0 N–H and O–H groups in total. The minimum Gasteiger partial charge on any atom is -0.443 e. The molecule has 0 fully saturated rings. The number of aromatic nitrogens is 2. The first-order chi connectivity index (χ1) is 12.2. The predicted octanol–water partition coefficient (Wildman–Crippen LogP) is 2.78. The van der Waals surface area contributed by atoms with Gasteiger partial charge >= 0.3 is 5.91 Å². The number of sulfonamides is 1. The van der Waals surface area contributed by atoms with Crippen LogP contribution in [-0.2, 0) is 17.1 Å². The maximum atomic E-state index is 12.9. The van der Waals surface area contributed by atoms with Crippen LogP contribution in [0, 0.1) is 25.7 Å². The molecule has 0 aliphatic carbocycles. The van der Waals surface area contributed by atoms with Crippen LogP contribution in [0.1, 0.15) is 53.9 Å². The Morgan fingerprint density at radius 3 is 2.58 bits per heavy atom. The van der Waals surface area contributed by atoms with E-state index in [0.717, 1.165) is 29.8 Å². The zero-order valence-electron chi connectivity index (χ0n) is 15.7. The van der Waals surface area contributed by atoms with E-state index >= 15 is 0 Å². The first kappa shape index (κ1) is 19.8. The molecule has 2 heterocycles. The van der Waals surface area contributed by atoms with Crippen LogP contribution in [0.25, 0.3) is 0 Å². The van der Waals surface area contributed by atoms with Gasteiger partial charge < -0.3 is 4.42 Å². The first-order valence-electron chi connectivity index (χ1n) is 8.30. The second-order valence-electron chi connectivity index (χ2n) is 6.04. The highest BCUT2D eigenvalue weighted by atomic mass is 32.2. The average Bonchev–Trinajstić information content (AvgIpc) is 3.11. The third kappa shape index (κ3) is 4.17. The lowest BCUT2D eigenvalue weighted by Gasteiger charge is -2.19. The van der Waals surface area contributed by atoms with Gasteiger partial charge in [0.15, 0.2) is 11.5 Å². The van der Waals surface area contributed by atoms with Gasteiger partial charge in [-0.3, -0.25) is 9.48 Å². The Kier molecular flexibility index (Phi) is 5.93. The molecule has 0 saturated heterocycles. The highest BCUT2D eigenvalue weighted by Gasteiger charge is 2.33. The molecule has 0 spiro atoms. The fraction of sp³-hybridized carbons (Fsp3) is 0.444.